The molecule has 0 heterocycles. The normalized spacial score (nSPS) is 16.5. The van der Waals surface area contributed by atoms with Gasteiger partial charge in [-0.1, -0.05) is 313 Å². The number of rotatable bonds is 16. The molecule has 3 aromatic carbocycles. The van der Waals surface area contributed by atoms with E-state index in [2.05, 4.69) is 308 Å². The fourth-order valence-electron chi connectivity index (χ4n) is 17.3. The van der Waals surface area contributed by atoms with Crippen molar-refractivity contribution in [1.29, 1.82) is 0 Å². The van der Waals surface area contributed by atoms with Crippen LogP contribution in [-0.4, -0.2) is 32.3 Å². The van der Waals surface area contributed by atoms with Crippen LogP contribution in [0.4, 0.5) is 0 Å². The van der Waals surface area contributed by atoms with Crippen LogP contribution in [0, 0.1) is 121 Å². The SMILES string of the molecule is CC(C)[Si](c1cc[cH-]cc([Si](C(C)C)(C(C)C)C(C)C)[cH-]c1)(C(C)C)C(C)C.CC(C)[Si](c1cc[cH-]cc([Si](C(C)C)(C(C)C)C(C)C)[cH-]c1)(C(C)C)C(C)C.C[C]1[C](C)[C](C)[C](C)[C]1C.C[C]1[C](C)[C](C)[C](C)[C]1C.O=c1c([O-])c1[O-].[U].[U]. The summed E-state index contributed by atoms with van der Waals surface area (Å²) < 4.78 is 0. The Morgan fingerprint density at radius 1 is 0.298 bits per heavy atom. The molecule has 2 fully saturated rings. The van der Waals surface area contributed by atoms with Crippen LogP contribution in [0.5, 0.6) is 11.5 Å². The molecule has 0 amide bonds. The summed E-state index contributed by atoms with van der Waals surface area (Å²) in [5.41, 5.74) is 8.05. The first-order valence-electron chi connectivity index (χ1n) is 32.2. The van der Waals surface area contributed by atoms with Crippen molar-refractivity contribution in [3.05, 3.63) is 142 Å². The van der Waals surface area contributed by atoms with Crippen LogP contribution in [0.15, 0.2) is 77.6 Å². The van der Waals surface area contributed by atoms with E-state index in [9.17, 15) is 15.0 Å². The van der Waals surface area contributed by atoms with Gasteiger partial charge in [0, 0.05) is 94.5 Å². The topological polar surface area (TPSA) is 63.2 Å². The van der Waals surface area contributed by atoms with Gasteiger partial charge in [-0.25, -0.2) is 46.8 Å². The van der Waals surface area contributed by atoms with Crippen molar-refractivity contribution in [3.8, 4) is 11.5 Å². The predicted octanol–water partition coefficient (Wildman–Crippen LogP) is 20.1. The van der Waals surface area contributed by atoms with Crippen molar-refractivity contribution in [2.45, 2.75) is 302 Å². The molecule has 0 saturated heterocycles. The summed E-state index contributed by atoms with van der Waals surface area (Å²) in [6.45, 7) is 81.2. The summed E-state index contributed by atoms with van der Waals surface area (Å²) in [6.07, 6.45) is 0. The van der Waals surface area contributed by atoms with E-state index >= 15 is 0 Å². The largest absolute Gasteiger partial charge is 0.870 e. The molecule has 9 heteroatoms. The molecule has 2 aliphatic carbocycles. The van der Waals surface area contributed by atoms with Crippen LogP contribution < -0.4 is 36.4 Å². The standard InChI is InChI=1S/2C26H48Si2.2C10H15.C3H2O3.2U/c2*1-19(2)27(20(3)4,21(5)6)25-15-13-14-16-26(18-17-25)28(22(7)8,23(9)10)24(11)12;2*1-6-7(2)9(4)10(5)8(6)3;4-1-2(5)3(1)6;;/h2*13-24H,1-12H3;2*1-5H3;4-5H;;/q2*-2;;;;;/p-2. The molecular weight excluding hydrogens is 1540 g/mol. The van der Waals surface area contributed by atoms with Crippen LogP contribution in [0.3, 0.4) is 0 Å². The Balaban J connectivity index is 0. The fraction of sp³-hybridized carbons (Fsp3) is 0.613. The van der Waals surface area contributed by atoms with Gasteiger partial charge >= 0.3 is 0 Å². The Bertz CT molecular complexity index is 1940. The molecule has 474 valence electrons. The zero-order chi connectivity index (χ0) is 64.2. The molecular formula is C75H126O3Si4U2-6. The third kappa shape index (κ3) is 18.6. The summed E-state index contributed by atoms with van der Waals surface area (Å²) in [7, 11) is -6.56. The fourth-order valence-corrected chi connectivity index (χ4v) is 44.4. The van der Waals surface area contributed by atoms with Crippen molar-refractivity contribution >= 4 is 53.0 Å². The first-order valence-corrected chi connectivity index (χ1v) is 41.1. The molecule has 84 heavy (non-hydrogen) atoms. The molecule has 0 N–H and O–H groups in total. The van der Waals surface area contributed by atoms with Crippen LogP contribution in [0.1, 0.15) is 235 Å². The van der Waals surface area contributed by atoms with Crippen molar-refractivity contribution < 1.29 is 72.4 Å². The van der Waals surface area contributed by atoms with Gasteiger partial charge in [0.15, 0.2) is 5.43 Å². The molecule has 2 saturated carbocycles. The van der Waals surface area contributed by atoms with Gasteiger partial charge in [-0.3, -0.25) is 27.3 Å². The number of hydrogen-bond acceptors (Lipinski definition) is 3. The second-order valence-electron chi connectivity index (χ2n) is 28.8. The van der Waals surface area contributed by atoms with E-state index in [0.717, 1.165) is 66.5 Å². The molecule has 0 bridgehead atoms. The Labute approximate surface area is 575 Å². The first-order chi connectivity index (χ1) is 37.6. The molecule has 0 unspecified atom stereocenters. The number of hydrogen-bond donors (Lipinski definition) is 0. The minimum atomic E-state index is -1.64. The van der Waals surface area contributed by atoms with Gasteiger partial charge in [0.05, 0.1) is 0 Å². The van der Waals surface area contributed by atoms with Crippen molar-refractivity contribution in [1.82, 2.24) is 0 Å². The summed E-state index contributed by atoms with van der Waals surface area (Å²) in [5, 5.41) is 25.6. The van der Waals surface area contributed by atoms with Crippen LogP contribution in [0.25, 0.3) is 0 Å². The van der Waals surface area contributed by atoms with Crippen molar-refractivity contribution in [2.24, 2.45) is 0 Å². The smallest absolute Gasteiger partial charge is 0.162 e. The molecule has 0 atom stereocenters. The summed E-state index contributed by atoms with van der Waals surface area (Å²) >= 11 is 0. The van der Waals surface area contributed by atoms with Crippen LogP contribution >= 0.6 is 0 Å². The summed E-state index contributed by atoms with van der Waals surface area (Å²) in [4.78, 5) is 9.52. The molecule has 0 spiro atoms. The van der Waals surface area contributed by atoms with Gasteiger partial charge in [0.25, 0.3) is 0 Å². The Morgan fingerprint density at radius 3 is 0.583 bits per heavy atom. The van der Waals surface area contributed by atoms with Gasteiger partial charge in [-0.15, -0.1) is 0 Å². The molecule has 3 nitrogen and oxygen atoms in total. The third-order valence-corrected chi connectivity index (χ3v) is 50.1. The van der Waals surface area contributed by atoms with E-state index in [1.54, 1.807) is 20.7 Å². The van der Waals surface area contributed by atoms with E-state index in [4.69, 9.17) is 0 Å². The monoisotopic (exact) mass is 1660 g/mol. The first kappa shape index (κ1) is 86.0. The second-order valence-corrected chi connectivity index (χ2v) is 52.4. The second kappa shape index (κ2) is 36.8. The Morgan fingerprint density at radius 2 is 0.452 bits per heavy atom. The van der Waals surface area contributed by atoms with Gasteiger partial charge in [0.1, 0.15) is 0 Å². The quantitative estimate of drug-likeness (QED) is 0.106. The van der Waals surface area contributed by atoms with Crippen LogP contribution in [0.2, 0.25) is 66.5 Å². The van der Waals surface area contributed by atoms with Crippen LogP contribution in [-0.2, 0) is 0 Å². The minimum Gasteiger partial charge on any atom is -0.870 e. The zero-order valence-electron chi connectivity index (χ0n) is 60.6. The van der Waals surface area contributed by atoms with Gasteiger partial charge < -0.3 is 10.2 Å². The zero-order valence-corrected chi connectivity index (χ0v) is 72.9. The Hall–Kier alpha value is -0.0986. The maximum Gasteiger partial charge on any atom is 0.162 e. The summed E-state index contributed by atoms with van der Waals surface area (Å²) in [5.74, 6) is 13.0. The van der Waals surface area contributed by atoms with E-state index in [1.165, 1.54) is 59.2 Å². The minimum absolute atomic E-state index is 0. The average Bonchev–Trinajstić information content (AvgIpc) is 3.77. The van der Waals surface area contributed by atoms with E-state index in [-0.39, 0.29) is 62.2 Å². The molecule has 5 rings (SSSR count). The van der Waals surface area contributed by atoms with E-state index in [0.29, 0.717) is 0 Å². The molecule has 10 radical (unpaired) electrons. The van der Waals surface area contributed by atoms with Gasteiger partial charge in [0.2, 0.25) is 0 Å². The molecule has 0 aromatic heterocycles. The summed E-state index contributed by atoms with van der Waals surface area (Å²) in [6, 6.07) is 29.3. The van der Waals surface area contributed by atoms with Crippen molar-refractivity contribution in [3.63, 3.8) is 0 Å². The van der Waals surface area contributed by atoms with E-state index < -0.39 is 49.2 Å². The predicted molar refractivity (Wildman–Crippen MR) is 376 cm³/mol. The van der Waals surface area contributed by atoms with Gasteiger partial charge in [-0.05, 0) is 59.2 Å². The maximum absolute atomic E-state index is 9.52. The maximum atomic E-state index is 9.52. The van der Waals surface area contributed by atoms with Crippen molar-refractivity contribution in [2.75, 3.05) is 0 Å². The Kier molecular flexibility index (Phi) is 37.7. The molecule has 2 aliphatic rings. The van der Waals surface area contributed by atoms with E-state index in [1.807, 2.05) is 0 Å². The molecule has 3 aromatic rings. The third-order valence-electron chi connectivity index (χ3n) is 21.9. The average molecular weight is 1660 g/mol. The molecule has 0 aliphatic heterocycles. The van der Waals surface area contributed by atoms with Gasteiger partial charge in [-0.2, -0.15) is 24.3 Å².